The van der Waals surface area contributed by atoms with Gasteiger partial charge in [-0.2, -0.15) is 26.3 Å². The van der Waals surface area contributed by atoms with Gasteiger partial charge in [0.25, 0.3) is 0 Å². The summed E-state index contributed by atoms with van der Waals surface area (Å²) in [5, 5.41) is 12.5. The van der Waals surface area contributed by atoms with Crippen molar-refractivity contribution in [1.82, 2.24) is 10.2 Å². The van der Waals surface area contributed by atoms with Crippen LogP contribution in [0.5, 0.6) is 0 Å². The van der Waals surface area contributed by atoms with E-state index in [1.54, 1.807) is 4.90 Å². The van der Waals surface area contributed by atoms with Crippen LogP contribution in [0.2, 0.25) is 0 Å². The monoisotopic (exact) mass is 342 g/mol. The van der Waals surface area contributed by atoms with Crippen LogP contribution < -0.4 is 5.32 Å². The van der Waals surface area contributed by atoms with Gasteiger partial charge >= 0.3 is 12.4 Å². The Morgan fingerprint density at radius 3 is 2.13 bits per heavy atom. The zero-order chi connectivity index (χ0) is 17.3. The molecule has 0 amide bonds. The lowest BCUT2D eigenvalue weighted by Gasteiger charge is -2.35. The molecule has 0 saturated carbocycles. The minimum atomic E-state index is -4.79. The van der Waals surface area contributed by atoms with Crippen LogP contribution in [0.25, 0.3) is 0 Å². The molecule has 0 spiro atoms. The third-order valence-corrected chi connectivity index (χ3v) is 3.81. The first-order valence-corrected chi connectivity index (χ1v) is 6.98. The van der Waals surface area contributed by atoms with Crippen LogP contribution in [0.3, 0.4) is 0 Å². The number of piperazine rings is 1. The molecule has 1 aromatic rings. The molecular formula is C14H16F6N2O. The summed E-state index contributed by atoms with van der Waals surface area (Å²) in [6.45, 7) is 0.996. The molecule has 1 aromatic carbocycles. The molecule has 1 aliphatic rings. The molecule has 1 atom stereocenters. The van der Waals surface area contributed by atoms with E-state index in [0.29, 0.717) is 44.4 Å². The maximum atomic E-state index is 13.1. The maximum absolute atomic E-state index is 13.1. The molecule has 1 fully saturated rings. The number of aliphatic hydroxyl groups is 1. The van der Waals surface area contributed by atoms with E-state index in [1.165, 1.54) is 0 Å². The van der Waals surface area contributed by atoms with Gasteiger partial charge in [0, 0.05) is 26.2 Å². The summed E-state index contributed by atoms with van der Waals surface area (Å²) in [6.07, 6.45) is -9.54. The van der Waals surface area contributed by atoms with Crippen molar-refractivity contribution in [2.75, 3.05) is 32.8 Å². The number of aliphatic hydroxyl groups excluding tert-OH is 1. The Hall–Kier alpha value is -1.32. The number of benzene rings is 1. The Morgan fingerprint density at radius 1 is 1.04 bits per heavy atom. The van der Waals surface area contributed by atoms with Gasteiger partial charge in [0.1, 0.15) is 0 Å². The second-order valence-corrected chi connectivity index (χ2v) is 5.28. The van der Waals surface area contributed by atoms with Crippen molar-refractivity contribution in [2.45, 2.75) is 18.4 Å². The minimum Gasteiger partial charge on any atom is -0.394 e. The van der Waals surface area contributed by atoms with Gasteiger partial charge in [-0.25, -0.2) is 0 Å². The molecule has 1 saturated heterocycles. The summed E-state index contributed by atoms with van der Waals surface area (Å²) in [6, 6.07) is 0.212. The predicted molar refractivity (Wildman–Crippen MR) is 70.7 cm³/mol. The fourth-order valence-electron chi connectivity index (χ4n) is 2.68. The van der Waals surface area contributed by atoms with Crippen molar-refractivity contribution in [3.05, 3.63) is 34.9 Å². The number of halogens is 6. The molecule has 9 heteroatoms. The summed E-state index contributed by atoms with van der Waals surface area (Å²) in [4.78, 5) is 1.56. The predicted octanol–water partition coefficient (Wildman–Crippen LogP) is 2.66. The van der Waals surface area contributed by atoms with Crippen molar-refractivity contribution in [3.63, 3.8) is 0 Å². The van der Waals surface area contributed by atoms with Gasteiger partial charge in [0.05, 0.1) is 23.8 Å². The third-order valence-electron chi connectivity index (χ3n) is 3.81. The number of rotatable bonds is 3. The summed E-state index contributed by atoms with van der Waals surface area (Å²) in [7, 11) is 0. The number of hydrogen-bond donors (Lipinski definition) is 2. The molecule has 1 aliphatic heterocycles. The first-order valence-electron chi connectivity index (χ1n) is 6.98. The van der Waals surface area contributed by atoms with Crippen molar-refractivity contribution in [2.24, 2.45) is 0 Å². The molecule has 0 aliphatic carbocycles. The fraction of sp³-hybridized carbons (Fsp3) is 0.571. The molecule has 3 nitrogen and oxygen atoms in total. The van der Waals surface area contributed by atoms with Crippen molar-refractivity contribution >= 4 is 0 Å². The van der Waals surface area contributed by atoms with Gasteiger partial charge in [0.15, 0.2) is 0 Å². The fourth-order valence-corrected chi connectivity index (χ4v) is 2.68. The second-order valence-electron chi connectivity index (χ2n) is 5.28. The highest BCUT2D eigenvalue weighted by atomic mass is 19.4. The minimum absolute atomic E-state index is 0.346. The molecule has 23 heavy (non-hydrogen) atoms. The van der Waals surface area contributed by atoms with E-state index in [9.17, 15) is 31.4 Å². The van der Waals surface area contributed by atoms with Crippen LogP contribution in [0.15, 0.2) is 18.2 Å². The summed E-state index contributed by atoms with van der Waals surface area (Å²) in [5.74, 6) is 0. The van der Waals surface area contributed by atoms with Crippen molar-refractivity contribution in [3.8, 4) is 0 Å². The molecule has 0 radical (unpaired) electrons. The standard InChI is InChI=1S/C14H16F6N2O/c15-13(16,17)9-1-2-11(14(18,19)20)10(7-9)12(8-23)22-5-3-21-4-6-22/h1-2,7,12,21,23H,3-6,8H2/t12-/m0/s1. The number of nitrogens with one attached hydrogen (secondary N) is 1. The van der Waals surface area contributed by atoms with E-state index in [4.69, 9.17) is 0 Å². The summed E-state index contributed by atoms with van der Waals surface area (Å²) >= 11 is 0. The van der Waals surface area contributed by atoms with E-state index in [-0.39, 0.29) is 0 Å². The van der Waals surface area contributed by atoms with E-state index in [0.717, 1.165) is 0 Å². The van der Waals surface area contributed by atoms with Gasteiger partial charge in [-0.3, -0.25) is 4.90 Å². The zero-order valence-corrected chi connectivity index (χ0v) is 12.0. The van der Waals surface area contributed by atoms with Crippen LogP contribution >= 0.6 is 0 Å². The third kappa shape index (κ3) is 4.15. The highest BCUT2D eigenvalue weighted by molar-refractivity contribution is 5.38. The zero-order valence-electron chi connectivity index (χ0n) is 12.0. The first-order chi connectivity index (χ1) is 10.6. The van der Waals surface area contributed by atoms with Crippen molar-refractivity contribution in [1.29, 1.82) is 0 Å². The SMILES string of the molecule is OC[C@@H](c1cc(C(F)(F)F)ccc1C(F)(F)F)N1CCNCC1. The van der Waals surface area contributed by atoms with Gasteiger partial charge in [-0.15, -0.1) is 0 Å². The summed E-state index contributed by atoms with van der Waals surface area (Å²) < 4.78 is 78.0. The van der Waals surface area contributed by atoms with Crippen LogP contribution in [-0.4, -0.2) is 42.8 Å². The van der Waals surface area contributed by atoms with E-state index in [2.05, 4.69) is 5.32 Å². The Kier molecular flexibility index (Phi) is 5.22. The average Bonchev–Trinajstić information content (AvgIpc) is 2.47. The second kappa shape index (κ2) is 6.66. The van der Waals surface area contributed by atoms with Crippen LogP contribution in [0.1, 0.15) is 22.7 Å². The van der Waals surface area contributed by atoms with Gasteiger partial charge in [-0.05, 0) is 23.8 Å². The lowest BCUT2D eigenvalue weighted by molar-refractivity contribution is -0.142. The van der Waals surface area contributed by atoms with E-state index < -0.39 is 41.7 Å². The Labute approximate surface area is 128 Å². The van der Waals surface area contributed by atoms with Crippen LogP contribution in [0, 0.1) is 0 Å². The van der Waals surface area contributed by atoms with Gasteiger partial charge in [0.2, 0.25) is 0 Å². The Bertz CT molecular complexity index is 537. The lowest BCUT2D eigenvalue weighted by Crippen LogP contribution is -2.46. The maximum Gasteiger partial charge on any atom is 0.416 e. The topological polar surface area (TPSA) is 35.5 Å². The molecule has 2 rings (SSSR count). The molecule has 130 valence electrons. The number of alkyl halides is 6. The highest BCUT2D eigenvalue weighted by Gasteiger charge is 2.39. The molecule has 1 heterocycles. The number of hydrogen-bond acceptors (Lipinski definition) is 3. The lowest BCUT2D eigenvalue weighted by atomic mass is 9.95. The van der Waals surface area contributed by atoms with E-state index in [1.807, 2.05) is 0 Å². The summed E-state index contributed by atoms with van der Waals surface area (Å²) in [5.41, 5.74) is -2.85. The average molecular weight is 342 g/mol. The molecule has 0 unspecified atom stereocenters. The first kappa shape index (κ1) is 18.0. The van der Waals surface area contributed by atoms with Crippen molar-refractivity contribution < 1.29 is 31.4 Å². The molecule has 2 N–H and O–H groups in total. The quantitative estimate of drug-likeness (QED) is 0.829. The largest absolute Gasteiger partial charge is 0.416 e. The number of nitrogens with zero attached hydrogens (tertiary/aromatic N) is 1. The van der Waals surface area contributed by atoms with Gasteiger partial charge in [-0.1, -0.05) is 0 Å². The highest BCUT2D eigenvalue weighted by Crippen LogP contribution is 2.39. The van der Waals surface area contributed by atoms with E-state index >= 15 is 0 Å². The Morgan fingerprint density at radius 2 is 1.65 bits per heavy atom. The molecule has 0 bridgehead atoms. The Balaban J connectivity index is 2.50. The normalized spacial score (nSPS) is 18.9. The smallest absolute Gasteiger partial charge is 0.394 e. The van der Waals surface area contributed by atoms with Gasteiger partial charge < -0.3 is 10.4 Å². The van der Waals surface area contributed by atoms with Crippen LogP contribution in [-0.2, 0) is 12.4 Å². The van der Waals surface area contributed by atoms with Crippen LogP contribution in [0.4, 0.5) is 26.3 Å². The molecular weight excluding hydrogens is 326 g/mol. The molecule has 0 aromatic heterocycles.